The lowest BCUT2D eigenvalue weighted by atomic mass is 10.1. The van der Waals surface area contributed by atoms with Crippen molar-refractivity contribution in [1.82, 2.24) is 0 Å². The van der Waals surface area contributed by atoms with Gasteiger partial charge in [-0.25, -0.2) is 0 Å². The smallest absolute Gasteiger partial charge is 0.420 e. The van der Waals surface area contributed by atoms with Crippen molar-refractivity contribution in [3.63, 3.8) is 0 Å². The van der Waals surface area contributed by atoms with Crippen molar-refractivity contribution < 1.29 is 40.9 Å². The van der Waals surface area contributed by atoms with Gasteiger partial charge in [-0.2, -0.15) is 26.3 Å². The third-order valence-electron chi connectivity index (χ3n) is 3.18. The maximum atomic E-state index is 13.1. The van der Waals surface area contributed by atoms with Gasteiger partial charge in [0.1, 0.15) is 22.6 Å². The first kappa shape index (κ1) is 19.9. The third kappa shape index (κ3) is 4.43. The van der Waals surface area contributed by atoms with Crippen LogP contribution in [0.5, 0.6) is 11.5 Å². The molecule has 0 amide bonds. The van der Waals surface area contributed by atoms with E-state index in [1.54, 1.807) is 0 Å². The summed E-state index contributed by atoms with van der Waals surface area (Å²) in [4.78, 5) is 19.0. The monoisotopic (exact) mass is 396 g/mol. The molecule has 0 heterocycles. The zero-order valence-electron chi connectivity index (χ0n) is 12.7. The highest BCUT2D eigenvalue weighted by atomic mass is 19.4. The molecule has 0 saturated heterocycles. The van der Waals surface area contributed by atoms with E-state index < -0.39 is 56.2 Å². The summed E-state index contributed by atoms with van der Waals surface area (Å²) in [5.41, 5.74) is -5.25. The van der Waals surface area contributed by atoms with Gasteiger partial charge in [0, 0.05) is 24.3 Å². The minimum Gasteiger partial charge on any atom is -0.456 e. The Kier molecular flexibility index (Phi) is 4.97. The largest absolute Gasteiger partial charge is 0.456 e. The quantitative estimate of drug-likeness (QED) is 0.395. The summed E-state index contributed by atoms with van der Waals surface area (Å²) < 4.78 is 83.2. The van der Waals surface area contributed by atoms with Gasteiger partial charge >= 0.3 is 12.4 Å². The molecule has 0 spiro atoms. The molecule has 0 unspecified atom stereocenters. The number of hydrogen-bond acceptors (Lipinski definition) is 5. The zero-order valence-corrected chi connectivity index (χ0v) is 12.7. The highest BCUT2D eigenvalue weighted by Crippen LogP contribution is 2.44. The molecule has 2 aromatic rings. The lowest BCUT2D eigenvalue weighted by Gasteiger charge is -2.16. The van der Waals surface area contributed by atoms with Gasteiger partial charge in [-0.05, 0) is 12.1 Å². The van der Waals surface area contributed by atoms with Gasteiger partial charge in [0.25, 0.3) is 11.4 Å². The predicted molar refractivity (Wildman–Crippen MR) is 76.3 cm³/mol. The van der Waals surface area contributed by atoms with Crippen LogP contribution in [0.4, 0.5) is 37.7 Å². The Morgan fingerprint density at radius 1 is 0.704 bits per heavy atom. The molecule has 0 atom stereocenters. The van der Waals surface area contributed by atoms with Crippen molar-refractivity contribution in [2.24, 2.45) is 0 Å². The zero-order chi connectivity index (χ0) is 20.6. The average Bonchev–Trinajstić information content (AvgIpc) is 2.53. The first-order valence-corrected chi connectivity index (χ1v) is 6.70. The molecule has 0 radical (unpaired) electrons. The molecule has 0 aliphatic heterocycles. The van der Waals surface area contributed by atoms with Crippen molar-refractivity contribution >= 4 is 11.4 Å². The van der Waals surface area contributed by atoms with Gasteiger partial charge < -0.3 is 4.74 Å². The van der Waals surface area contributed by atoms with Crippen LogP contribution < -0.4 is 4.74 Å². The Morgan fingerprint density at radius 2 is 1.04 bits per heavy atom. The Bertz CT molecular complexity index is 836. The number of hydrogen-bond donors (Lipinski definition) is 0. The van der Waals surface area contributed by atoms with E-state index in [-0.39, 0.29) is 12.1 Å². The van der Waals surface area contributed by atoms with Crippen LogP contribution in [0.15, 0.2) is 36.4 Å². The first-order chi connectivity index (χ1) is 12.3. The molecule has 0 N–H and O–H groups in total. The summed E-state index contributed by atoms with van der Waals surface area (Å²) in [5.74, 6) is -2.26. The SMILES string of the molecule is O=[N+]([O-])c1ccc(Oc2ccc([N+](=O)[O-])cc2C(F)(F)F)c(C(F)(F)F)c1. The topological polar surface area (TPSA) is 95.5 Å². The molecule has 27 heavy (non-hydrogen) atoms. The molecular formula is C14H6F6N2O5. The first-order valence-electron chi connectivity index (χ1n) is 6.70. The highest BCUT2D eigenvalue weighted by molar-refractivity contribution is 5.51. The second-order valence-electron chi connectivity index (χ2n) is 4.97. The fraction of sp³-hybridized carbons (Fsp3) is 0.143. The fourth-order valence-corrected chi connectivity index (χ4v) is 2.00. The van der Waals surface area contributed by atoms with Gasteiger partial charge in [0.2, 0.25) is 0 Å². The summed E-state index contributed by atoms with van der Waals surface area (Å²) in [6.07, 6.45) is -10.3. The van der Waals surface area contributed by atoms with Crippen LogP contribution in [0.2, 0.25) is 0 Å². The molecule has 13 heteroatoms. The number of nitro benzene ring substituents is 2. The lowest BCUT2D eigenvalue weighted by molar-refractivity contribution is -0.385. The van der Waals surface area contributed by atoms with E-state index in [9.17, 15) is 46.6 Å². The molecule has 0 aromatic heterocycles. The Labute approximate surface area is 145 Å². The molecule has 7 nitrogen and oxygen atoms in total. The van der Waals surface area contributed by atoms with E-state index in [2.05, 4.69) is 4.74 Å². The number of nitrogens with zero attached hydrogens (tertiary/aromatic N) is 2. The summed E-state index contributed by atoms with van der Waals surface area (Å²) in [6, 6.07) is 2.42. The van der Waals surface area contributed by atoms with Gasteiger partial charge in [-0.1, -0.05) is 0 Å². The highest BCUT2D eigenvalue weighted by Gasteiger charge is 2.39. The molecule has 2 rings (SSSR count). The fourth-order valence-electron chi connectivity index (χ4n) is 2.00. The minimum absolute atomic E-state index is 0.105. The van der Waals surface area contributed by atoms with Gasteiger partial charge in [0.05, 0.1) is 9.85 Å². The number of rotatable bonds is 4. The molecule has 0 aliphatic rings. The third-order valence-corrected chi connectivity index (χ3v) is 3.18. The van der Waals surface area contributed by atoms with Crippen molar-refractivity contribution in [3.05, 3.63) is 67.8 Å². The van der Waals surface area contributed by atoms with Crippen LogP contribution >= 0.6 is 0 Å². The molecule has 0 saturated carbocycles. The minimum atomic E-state index is -5.17. The number of ether oxygens (including phenoxy) is 1. The predicted octanol–water partition coefficient (Wildman–Crippen LogP) is 5.33. The van der Waals surface area contributed by atoms with Gasteiger partial charge in [0.15, 0.2) is 0 Å². The average molecular weight is 396 g/mol. The van der Waals surface area contributed by atoms with Gasteiger partial charge in [-0.15, -0.1) is 0 Å². The summed E-state index contributed by atoms with van der Waals surface area (Å²) in [7, 11) is 0. The number of halogens is 6. The van der Waals surface area contributed by atoms with E-state index in [1.807, 2.05) is 0 Å². The molecular weight excluding hydrogens is 390 g/mol. The van der Waals surface area contributed by atoms with E-state index in [0.29, 0.717) is 24.3 Å². The van der Waals surface area contributed by atoms with E-state index in [4.69, 9.17) is 0 Å². The Hall–Kier alpha value is -3.38. The number of benzene rings is 2. The van der Waals surface area contributed by atoms with Crippen molar-refractivity contribution in [2.75, 3.05) is 0 Å². The van der Waals surface area contributed by atoms with Crippen LogP contribution in [-0.2, 0) is 12.4 Å². The summed E-state index contributed by atoms with van der Waals surface area (Å²) >= 11 is 0. The molecule has 0 fully saturated rings. The maximum absolute atomic E-state index is 13.1. The lowest BCUT2D eigenvalue weighted by Crippen LogP contribution is -2.11. The van der Waals surface area contributed by atoms with E-state index in [1.165, 1.54) is 0 Å². The van der Waals surface area contributed by atoms with Crippen molar-refractivity contribution in [3.8, 4) is 11.5 Å². The molecule has 0 aliphatic carbocycles. The normalized spacial score (nSPS) is 11.9. The maximum Gasteiger partial charge on any atom is 0.420 e. The van der Waals surface area contributed by atoms with E-state index in [0.717, 1.165) is 0 Å². The standard InChI is InChI=1S/C14H6F6N2O5/c15-13(16,17)9-5-7(21(23)24)1-3-11(9)27-12-4-2-8(22(25)26)6-10(12)14(18,19)20/h1-6H. The van der Waals surface area contributed by atoms with Crippen LogP contribution in [0.25, 0.3) is 0 Å². The molecule has 144 valence electrons. The second-order valence-corrected chi connectivity index (χ2v) is 4.97. The molecule has 2 aromatic carbocycles. The van der Waals surface area contributed by atoms with Crippen molar-refractivity contribution in [2.45, 2.75) is 12.4 Å². The molecule has 0 bridgehead atoms. The van der Waals surface area contributed by atoms with Crippen molar-refractivity contribution in [1.29, 1.82) is 0 Å². The van der Waals surface area contributed by atoms with Crippen LogP contribution in [-0.4, -0.2) is 9.85 Å². The summed E-state index contributed by atoms with van der Waals surface area (Å²) in [5, 5.41) is 21.2. The number of non-ortho nitro benzene ring substituents is 2. The number of nitro groups is 2. The Balaban J connectivity index is 2.60. The number of alkyl halides is 6. The van der Waals surface area contributed by atoms with Crippen LogP contribution in [0.1, 0.15) is 11.1 Å². The summed E-state index contributed by atoms with van der Waals surface area (Å²) in [6.45, 7) is 0. The van der Waals surface area contributed by atoms with Crippen LogP contribution in [0, 0.1) is 20.2 Å². The Morgan fingerprint density at radius 3 is 1.30 bits per heavy atom. The van der Waals surface area contributed by atoms with E-state index >= 15 is 0 Å². The van der Waals surface area contributed by atoms with Gasteiger partial charge in [-0.3, -0.25) is 20.2 Å². The van der Waals surface area contributed by atoms with Crippen LogP contribution in [0.3, 0.4) is 0 Å². The second kappa shape index (κ2) is 6.74.